The Balaban J connectivity index is 2.49. The van der Waals surface area contributed by atoms with E-state index in [0.29, 0.717) is 6.42 Å². The first-order chi connectivity index (χ1) is 9.06. The van der Waals surface area contributed by atoms with Gasteiger partial charge < -0.3 is 10.1 Å². The summed E-state index contributed by atoms with van der Waals surface area (Å²) in [6.45, 7) is 6.61. The van der Waals surface area contributed by atoms with Gasteiger partial charge in [0, 0.05) is 17.1 Å². The van der Waals surface area contributed by atoms with Gasteiger partial charge in [-0.05, 0) is 32.9 Å². The number of thioether (sulfide) groups is 1. The van der Waals surface area contributed by atoms with Gasteiger partial charge in [0.15, 0.2) is 5.16 Å². The monoisotopic (exact) mass is 283 g/mol. The van der Waals surface area contributed by atoms with Gasteiger partial charge >= 0.3 is 5.97 Å². The van der Waals surface area contributed by atoms with E-state index in [0.717, 1.165) is 28.8 Å². The lowest BCUT2D eigenvalue weighted by Gasteiger charge is -2.14. The highest BCUT2D eigenvalue weighted by Crippen LogP contribution is 2.16. The number of nitrogens with zero attached hydrogens (tertiary/aromatic N) is 2. The van der Waals surface area contributed by atoms with Crippen LogP contribution in [0.5, 0.6) is 0 Å². The number of likely N-dealkylation sites (N-methyl/N-ethyl adjacent to an activating group) is 1. The average Bonchev–Trinajstić information content (AvgIpc) is 2.35. The largest absolute Gasteiger partial charge is 0.468 e. The van der Waals surface area contributed by atoms with Crippen LogP contribution < -0.4 is 5.32 Å². The summed E-state index contributed by atoms with van der Waals surface area (Å²) in [7, 11) is 1.41. The topological polar surface area (TPSA) is 64.1 Å². The third kappa shape index (κ3) is 5.57. The van der Waals surface area contributed by atoms with Crippen molar-refractivity contribution in [1.82, 2.24) is 15.3 Å². The number of rotatable bonds is 7. The van der Waals surface area contributed by atoms with E-state index in [2.05, 4.69) is 15.3 Å². The third-order valence-corrected chi connectivity index (χ3v) is 3.42. The van der Waals surface area contributed by atoms with E-state index < -0.39 is 0 Å². The van der Waals surface area contributed by atoms with Crippen molar-refractivity contribution in [2.75, 3.05) is 19.4 Å². The van der Waals surface area contributed by atoms with Crippen molar-refractivity contribution in [2.45, 2.75) is 38.4 Å². The Morgan fingerprint density at radius 3 is 2.58 bits per heavy atom. The van der Waals surface area contributed by atoms with E-state index in [1.54, 1.807) is 11.8 Å². The molecule has 0 spiro atoms. The van der Waals surface area contributed by atoms with Gasteiger partial charge in [0.25, 0.3) is 0 Å². The molecule has 1 aromatic rings. The molecule has 0 fully saturated rings. The quantitative estimate of drug-likeness (QED) is 0.467. The summed E-state index contributed by atoms with van der Waals surface area (Å²) in [6, 6.07) is 1.69. The van der Waals surface area contributed by atoms with Gasteiger partial charge in [-0.3, -0.25) is 4.79 Å². The number of carbonyl (C=O) groups excluding carboxylic acids is 1. The predicted molar refractivity (Wildman–Crippen MR) is 76.3 cm³/mol. The highest BCUT2D eigenvalue weighted by Gasteiger charge is 2.17. The number of nitrogens with one attached hydrogen (secondary N) is 1. The standard InChI is InChI=1S/C13H21N3O2S/c1-5-14-11(12(17)18-4)6-7-19-13-15-9(2)8-10(3)16-13/h8,11,14H,5-7H2,1-4H3. The molecule has 0 aliphatic carbocycles. The molecule has 1 rings (SSSR count). The lowest BCUT2D eigenvalue weighted by Crippen LogP contribution is -2.37. The molecule has 1 unspecified atom stereocenters. The van der Waals surface area contributed by atoms with E-state index in [9.17, 15) is 4.79 Å². The molecule has 0 aliphatic heterocycles. The molecule has 1 atom stereocenters. The van der Waals surface area contributed by atoms with Crippen LogP contribution >= 0.6 is 11.8 Å². The molecular formula is C13H21N3O2S. The molecule has 0 radical (unpaired) electrons. The summed E-state index contributed by atoms with van der Waals surface area (Å²) in [6.07, 6.45) is 0.696. The summed E-state index contributed by atoms with van der Waals surface area (Å²) in [4.78, 5) is 20.2. The summed E-state index contributed by atoms with van der Waals surface area (Å²) in [5, 5.41) is 3.88. The first kappa shape index (κ1) is 15.9. The van der Waals surface area contributed by atoms with Crippen LogP contribution in [0.25, 0.3) is 0 Å². The average molecular weight is 283 g/mol. The lowest BCUT2D eigenvalue weighted by molar-refractivity contribution is -0.143. The minimum absolute atomic E-state index is 0.219. The molecule has 0 bridgehead atoms. The number of carbonyl (C=O) groups is 1. The van der Waals surface area contributed by atoms with Crippen molar-refractivity contribution in [3.05, 3.63) is 17.5 Å². The smallest absolute Gasteiger partial charge is 0.322 e. The molecule has 5 nitrogen and oxygen atoms in total. The highest BCUT2D eigenvalue weighted by atomic mass is 32.2. The summed E-state index contributed by atoms with van der Waals surface area (Å²) in [5.74, 6) is 0.555. The normalized spacial score (nSPS) is 12.2. The van der Waals surface area contributed by atoms with Gasteiger partial charge in [0.2, 0.25) is 0 Å². The maximum Gasteiger partial charge on any atom is 0.322 e. The Labute approximate surface area is 118 Å². The highest BCUT2D eigenvalue weighted by molar-refractivity contribution is 7.99. The van der Waals surface area contributed by atoms with Crippen LogP contribution in [0.15, 0.2) is 11.2 Å². The summed E-state index contributed by atoms with van der Waals surface area (Å²) >= 11 is 1.56. The van der Waals surface area contributed by atoms with E-state index in [4.69, 9.17) is 4.74 Å². The van der Waals surface area contributed by atoms with Gasteiger partial charge in [-0.1, -0.05) is 18.7 Å². The maximum atomic E-state index is 11.5. The Morgan fingerprint density at radius 2 is 2.05 bits per heavy atom. The zero-order chi connectivity index (χ0) is 14.3. The summed E-state index contributed by atoms with van der Waals surface area (Å²) in [5.41, 5.74) is 1.93. The minimum Gasteiger partial charge on any atom is -0.468 e. The Morgan fingerprint density at radius 1 is 1.42 bits per heavy atom. The Bertz CT molecular complexity index is 406. The minimum atomic E-state index is -0.256. The van der Waals surface area contributed by atoms with Crippen LogP contribution in [-0.2, 0) is 9.53 Å². The molecule has 0 saturated carbocycles. The van der Waals surface area contributed by atoms with E-state index in [1.807, 2.05) is 26.8 Å². The van der Waals surface area contributed by atoms with Crippen LogP contribution in [0.1, 0.15) is 24.7 Å². The SMILES string of the molecule is CCNC(CCSc1nc(C)cc(C)n1)C(=O)OC. The maximum absolute atomic E-state index is 11.5. The zero-order valence-electron chi connectivity index (χ0n) is 11.9. The molecule has 1 N–H and O–H groups in total. The molecule has 0 aromatic carbocycles. The number of aryl methyl sites for hydroxylation is 2. The van der Waals surface area contributed by atoms with Gasteiger partial charge in [0.05, 0.1) is 7.11 Å². The second-order valence-corrected chi connectivity index (χ2v) is 5.27. The van der Waals surface area contributed by atoms with Crippen LogP contribution in [-0.4, -0.2) is 41.4 Å². The van der Waals surface area contributed by atoms with Gasteiger partial charge in [-0.15, -0.1) is 0 Å². The first-order valence-corrected chi connectivity index (χ1v) is 7.31. The number of methoxy groups -OCH3 is 1. The fourth-order valence-electron chi connectivity index (χ4n) is 1.72. The van der Waals surface area contributed by atoms with Crippen molar-refractivity contribution < 1.29 is 9.53 Å². The molecule has 1 heterocycles. The van der Waals surface area contributed by atoms with E-state index in [-0.39, 0.29) is 12.0 Å². The number of hydrogen-bond donors (Lipinski definition) is 1. The van der Waals surface area contributed by atoms with Gasteiger partial charge in [-0.25, -0.2) is 9.97 Å². The lowest BCUT2D eigenvalue weighted by atomic mass is 10.2. The van der Waals surface area contributed by atoms with Crippen LogP contribution in [0.3, 0.4) is 0 Å². The fraction of sp³-hybridized carbons (Fsp3) is 0.615. The van der Waals surface area contributed by atoms with Gasteiger partial charge in [-0.2, -0.15) is 0 Å². The fourth-order valence-corrected chi connectivity index (χ4v) is 2.67. The van der Waals surface area contributed by atoms with Crippen LogP contribution in [0.2, 0.25) is 0 Å². The molecule has 0 amide bonds. The molecule has 19 heavy (non-hydrogen) atoms. The summed E-state index contributed by atoms with van der Waals surface area (Å²) < 4.78 is 4.76. The molecule has 106 valence electrons. The van der Waals surface area contributed by atoms with E-state index >= 15 is 0 Å². The van der Waals surface area contributed by atoms with Gasteiger partial charge in [0.1, 0.15) is 6.04 Å². The van der Waals surface area contributed by atoms with Crippen molar-refractivity contribution in [3.63, 3.8) is 0 Å². The predicted octanol–water partition coefficient (Wildman–Crippen LogP) is 1.73. The first-order valence-electron chi connectivity index (χ1n) is 6.33. The van der Waals surface area contributed by atoms with Crippen molar-refractivity contribution >= 4 is 17.7 Å². The number of hydrogen-bond acceptors (Lipinski definition) is 6. The zero-order valence-corrected chi connectivity index (χ0v) is 12.7. The molecule has 1 aromatic heterocycles. The Hall–Kier alpha value is -1.14. The second kappa shape index (κ2) is 8.12. The molecule has 6 heteroatoms. The van der Waals surface area contributed by atoms with Crippen molar-refractivity contribution in [2.24, 2.45) is 0 Å². The molecular weight excluding hydrogens is 262 g/mol. The third-order valence-electron chi connectivity index (χ3n) is 2.54. The molecule has 0 saturated heterocycles. The molecule has 0 aliphatic rings. The van der Waals surface area contributed by atoms with Crippen LogP contribution in [0.4, 0.5) is 0 Å². The second-order valence-electron chi connectivity index (χ2n) is 4.20. The van der Waals surface area contributed by atoms with E-state index in [1.165, 1.54) is 7.11 Å². The Kier molecular flexibility index (Phi) is 6.80. The van der Waals surface area contributed by atoms with Crippen LogP contribution in [0, 0.1) is 13.8 Å². The number of ether oxygens (including phenoxy) is 1. The van der Waals surface area contributed by atoms with Crippen molar-refractivity contribution in [1.29, 1.82) is 0 Å². The number of aromatic nitrogens is 2. The number of esters is 1. The van der Waals surface area contributed by atoms with Crippen molar-refractivity contribution in [3.8, 4) is 0 Å².